The first-order valence-corrected chi connectivity index (χ1v) is 6.66. The fourth-order valence-electron chi connectivity index (χ4n) is 2.29. The molecule has 0 spiro atoms. The number of hydrogen-bond acceptors (Lipinski definition) is 2. The number of para-hydroxylation sites is 1. The summed E-state index contributed by atoms with van der Waals surface area (Å²) in [7, 11) is 0. The van der Waals surface area contributed by atoms with Crippen LogP contribution in [0.1, 0.15) is 32.3 Å². The molecule has 0 amide bonds. The third kappa shape index (κ3) is 2.52. The van der Waals surface area contributed by atoms with Gasteiger partial charge in [-0.1, -0.05) is 38.1 Å². The van der Waals surface area contributed by atoms with Gasteiger partial charge in [-0.3, -0.25) is 0 Å². The molecule has 92 valence electrons. The lowest BCUT2D eigenvalue weighted by Crippen LogP contribution is -2.37. The highest BCUT2D eigenvalue weighted by Crippen LogP contribution is 2.41. The highest BCUT2D eigenvalue weighted by molar-refractivity contribution is 5.96. The first-order chi connectivity index (χ1) is 8.38. The summed E-state index contributed by atoms with van der Waals surface area (Å²) >= 11 is 0. The third-order valence-electron chi connectivity index (χ3n) is 3.10. The number of rotatable bonds is 6. The van der Waals surface area contributed by atoms with Crippen LogP contribution in [0, 0.1) is 0 Å². The van der Waals surface area contributed by atoms with E-state index in [4.69, 9.17) is 0 Å². The first kappa shape index (κ1) is 12.2. The average molecular weight is 230 g/mol. The van der Waals surface area contributed by atoms with Crippen molar-refractivity contribution >= 4 is 11.4 Å². The molecule has 1 aliphatic heterocycles. The minimum Gasteiger partial charge on any atom is -0.339 e. The molecule has 1 aliphatic rings. The molecule has 1 aromatic rings. The first-order valence-electron chi connectivity index (χ1n) is 6.66. The summed E-state index contributed by atoms with van der Waals surface area (Å²) in [5.74, 6) is 0. The van der Waals surface area contributed by atoms with Crippen LogP contribution in [-0.4, -0.2) is 19.6 Å². The lowest BCUT2D eigenvalue weighted by molar-refractivity contribution is 0.669. The van der Waals surface area contributed by atoms with Crippen LogP contribution in [0.5, 0.6) is 0 Å². The van der Waals surface area contributed by atoms with E-state index >= 15 is 0 Å². The van der Waals surface area contributed by atoms with Gasteiger partial charge in [-0.25, -0.2) is 0 Å². The number of allylic oxidation sites excluding steroid dienone is 1. The summed E-state index contributed by atoms with van der Waals surface area (Å²) in [5.41, 5.74) is 4.19. The van der Waals surface area contributed by atoms with Crippen LogP contribution >= 0.6 is 0 Å². The maximum atomic E-state index is 3.46. The average Bonchev–Trinajstić information content (AvgIpc) is 2.36. The standard InChI is InChI=1S/C15H22N2/c1-3-7-14-13-8-5-6-9-15(13)17(14)12-11-16-10-4-2/h5-9,16H,3-4,10-12H2,1-2H3/b14-7+. The van der Waals surface area contributed by atoms with Gasteiger partial charge in [-0.15, -0.1) is 0 Å². The van der Waals surface area contributed by atoms with Crippen molar-refractivity contribution in [2.45, 2.75) is 26.7 Å². The van der Waals surface area contributed by atoms with Gasteiger partial charge in [-0.2, -0.15) is 0 Å². The van der Waals surface area contributed by atoms with Crippen molar-refractivity contribution in [3.8, 4) is 0 Å². The SMILES string of the molecule is CC/C=C1\c2ccccc2N1CCNCCC. The van der Waals surface area contributed by atoms with Gasteiger partial charge in [0.2, 0.25) is 0 Å². The monoisotopic (exact) mass is 230 g/mol. The van der Waals surface area contributed by atoms with E-state index in [-0.39, 0.29) is 0 Å². The summed E-state index contributed by atoms with van der Waals surface area (Å²) in [6, 6.07) is 8.66. The Morgan fingerprint density at radius 1 is 1.18 bits per heavy atom. The maximum Gasteiger partial charge on any atom is 0.0505 e. The predicted molar refractivity (Wildman–Crippen MR) is 75.2 cm³/mol. The molecule has 0 saturated heterocycles. The highest BCUT2D eigenvalue weighted by Gasteiger charge is 2.26. The van der Waals surface area contributed by atoms with E-state index in [9.17, 15) is 0 Å². The Balaban J connectivity index is 2.00. The second-order valence-electron chi connectivity index (χ2n) is 4.42. The minimum absolute atomic E-state index is 1.06. The molecule has 1 N–H and O–H groups in total. The molecule has 2 rings (SSSR count). The molecule has 0 atom stereocenters. The van der Waals surface area contributed by atoms with Gasteiger partial charge in [0.25, 0.3) is 0 Å². The van der Waals surface area contributed by atoms with E-state index in [2.05, 4.69) is 54.4 Å². The van der Waals surface area contributed by atoms with Gasteiger partial charge < -0.3 is 10.2 Å². The van der Waals surface area contributed by atoms with Crippen molar-refractivity contribution in [3.63, 3.8) is 0 Å². The van der Waals surface area contributed by atoms with Gasteiger partial charge in [0.15, 0.2) is 0 Å². The molecule has 0 radical (unpaired) electrons. The van der Waals surface area contributed by atoms with Crippen LogP contribution in [0.4, 0.5) is 5.69 Å². The number of nitrogens with one attached hydrogen (secondary N) is 1. The quantitative estimate of drug-likeness (QED) is 0.755. The number of hydrogen-bond donors (Lipinski definition) is 1. The van der Waals surface area contributed by atoms with Crippen molar-refractivity contribution in [1.82, 2.24) is 5.32 Å². The van der Waals surface area contributed by atoms with E-state index < -0.39 is 0 Å². The number of anilines is 1. The summed E-state index contributed by atoms with van der Waals surface area (Å²) in [5, 5.41) is 3.46. The van der Waals surface area contributed by atoms with E-state index in [0.717, 1.165) is 26.1 Å². The number of fused-ring (bicyclic) bond motifs is 1. The molecule has 0 unspecified atom stereocenters. The summed E-state index contributed by atoms with van der Waals surface area (Å²) in [6.45, 7) is 7.64. The second-order valence-corrected chi connectivity index (χ2v) is 4.42. The molecule has 1 heterocycles. The molecule has 0 fully saturated rings. The summed E-state index contributed by atoms with van der Waals surface area (Å²) in [4.78, 5) is 2.42. The van der Waals surface area contributed by atoms with Crippen molar-refractivity contribution in [2.24, 2.45) is 0 Å². The Morgan fingerprint density at radius 2 is 2.00 bits per heavy atom. The number of benzene rings is 1. The van der Waals surface area contributed by atoms with E-state index in [1.54, 1.807) is 0 Å². The third-order valence-corrected chi connectivity index (χ3v) is 3.10. The van der Waals surface area contributed by atoms with Gasteiger partial charge in [0.05, 0.1) is 5.69 Å². The molecular formula is C15H22N2. The zero-order valence-electron chi connectivity index (χ0n) is 10.9. The molecule has 2 nitrogen and oxygen atoms in total. The fraction of sp³-hybridized carbons (Fsp3) is 0.467. The highest BCUT2D eigenvalue weighted by atomic mass is 15.2. The second kappa shape index (κ2) is 5.87. The Hall–Kier alpha value is -1.28. The van der Waals surface area contributed by atoms with Crippen molar-refractivity contribution in [2.75, 3.05) is 24.5 Å². The largest absolute Gasteiger partial charge is 0.339 e. The molecule has 0 aromatic heterocycles. The molecule has 0 saturated carbocycles. The fourth-order valence-corrected chi connectivity index (χ4v) is 2.29. The van der Waals surface area contributed by atoms with Crippen LogP contribution in [0.3, 0.4) is 0 Å². The Morgan fingerprint density at radius 3 is 2.76 bits per heavy atom. The molecule has 17 heavy (non-hydrogen) atoms. The van der Waals surface area contributed by atoms with Crippen LogP contribution in [-0.2, 0) is 0 Å². The van der Waals surface area contributed by atoms with Crippen LogP contribution in [0.25, 0.3) is 5.70 Å². The molecule has 2 heteroatoms. The van der Waals surface area contributed by atoms with E-state index in [1.807, 2.05) is 0 Å². The van der Waals surface area contributed by atoms with Crippen LogP contribution < -0.4 is 10.2 Å². The molecule has 0 aliphatic carbocycles. The van der Waals surface area contributed by atoms with E-state index in [1.165, 1.54) is 23.4 Å². The topological polar surface area (TPSA) is 15.3 Å². The van der Waals surface area contributed by atoms with Crippen LogP contribution in [0.15, 0.2) is 30.3 Å². The predicted octanol–water partition coefficient (Wildman–Crippen LogP) is 3.26. The minimum atomic E-state index is 1.06. The van der Waals surface area contributed by atoms with Gasteiger partial charge in [0.1, 0.15) is 0 Å². The summed E-state index contributed by atoms with van der Waals surface area (Å²) < 4.78 is 0. The molecule has 1 aromatic carbocycles. The lowest BCUT2D eigenvalue weighted by atomic mass is 9.97. The zero-order valence-corrected chi connectivity index (χ0v) is 10.9. The van der Waals surface area contributed by atoms with Gasteiger partial charge in [-0.05, 0) is 25.5 Å². The Labute approximate surface area is 104 Å². The lowest BCUT2D eigenvalue weighted by Gasteiger charge is -2.39. The van der Waals surface area contributed by atoms with Crippen molar-refractivity contribution in [1.29, 1.82) is 0 Å². The maximum absolute atomic E-state index is 3.46. The smallest absolute Gasteiger partial charge is 0.0505 e. The molecular weight excluding hydrogens is 208 g/mol. The number of nitrogens with zero attached hydrogens (tertiary/aromatic N) is 1. The van der Waals surface area contributed by atoms with Gasteiger partial charge >= 0.3 is 0 Å². The van der Waals surface area contributed by atoms with Gasteiger partial charge in [0, 0.05) is 24.4 Å². The Kier molecular flexibility index (Phi) is 4.21. The Bertz CT molecular complexity index is 396. The van der Waals surface area contributed by atoms with Crippen LogP contribution in [0.2, 0.25) is 0 Å². The normalized spacial score (nSPS) is 15.9. The van der Waals surface area contributed by atoms with Crippen molar-refractivity contribution in [3.05, 3.63) is 35.9 Å². The van der Waals surface area contributed by atoms with Crippen molar-refractivity contribution < 1.29 is 0 Å². The zero-order chi connectivity index (χ0) is 12.1. The summed E-state index contributed by atoms with van der Waals surface area (Å²) in [6.07, 6.45) is 4.62. The van der Waals surface area contributed by atoms with E-state index in [0.29, 0.717) is 0 Å². The molecule has 0 bridgehead atoms.